The summed E-state index contributed by atoms with van der Waals surface area (Å²) in [5.74, 6) is 1.94. The van der Waals surface area contributed by atoms with E-state index in [9.17, 15) is 13.2 Å². The summed E-state index contributed by atoms with van der Waals surface area (Å²) >= 11 is 1.37. The van der Waals surface area contributed by atoms with E-state index in [2.05, 4.69) is 0 Å². The maximum absolute atomic E-state index is 13.1. The van der Waals surface area contributed by atoms with Crippen LogP contribution in [0.1, 0.15) is 63.1 Å². The molecule has 0 bridgehead atoms. The Morgan fingerprint density at radius 1 is 1.03 bits per heavy atom. The van der Waals surface area contributed by atoms with Crippen LogP contribution in [0.25, 0.3) is 5.69 Å². The number of sulfone groups is 1. The van der Waals surface area contributed by atoms with Crippen LogP contribution < -0.4 is 0 Å². The number of nitrogens with zero attached hydrogens (tertiary/aromatic N) is 4. The van der Waals surface area contributed by atoms with Gasteiger partial charge in [0.05, 0.1) is 22.9 Å². The normalized spacial score (nSPS) is 23.3. The molecule has 2 heterocycles. The number of hydrogen-bond donors (Lipinski definition) is 0. The molecule has 0 unspecified atom stereocenters. The lowest BCUT2D eigenvalue weighted by Gasteiger charge is -2.28. The second-order valence-electron chi connectivity index (χ2n) is 9.21. The van der Waals surface area contributed by atoms with E-state index < -0.39 is 9.84 Å². The molecule has 2 saturated carbocycles. The summed E-state index contributed by atoms with van der Waals surface area (Å²) < 4.78 is 25.8. The second-order valence-corrected chi connectivity index (χ2v) is 12.4. The van der Waals surface area contributed by atoms with Gasteiger partial charge in [0.1, 0.15) is 5.82 Å². The minimum absolute atomic E-state index is 0.00915. The van der Waals surface area contributed by atoms with Crippen LogP contribution in [-0.2, 0) is 14.6 Å². The van der Waals surface area contributed by atoms with Crippen molar-refractivity contribution in [2.75, 3.05) is 17.3 Å². The van der Waals surface area contributed by atoms with Crippen molar-refractivity contribution >= 4 is 27.5 Å². The molecule has 0 radical (unpaired) electrons. The number of amides is 1. The first kappa shape index (κ1) is 21.9. The number of carbonyl (C=O) groups is 1. The predicted octanol–water partition coefficient (Wildman–Crippen LogP) is 3.59. The Labute approximate surface area is 193 Å². The third-order valence-electron chi connectivity index (χ3n) is 6.74. The lowest BCUT2D eigenvalue weighted by molar-refractivity contribution is -0.130. The predicted molar refractivity (Wildman–Crippen MR) is 125 cm³/mol. The SMILES string of the molecule is O=C(CSc1nc(C2CCCCC2)n(-c2ccccc2)n1)N(C1CC1)[C@H]1CCS(=O)(=O)C1. The maximum atomic E-state index is 13.1. The van der Waals surface area contributed by atoms with Crippen LogP contribution in [0.15, 0.2) is 35.5 Å². The van der Waals surface area contributed by atoms with Gasteiger partial charge in [-0.05, 0) is 44.2 Å². The molecule has 1 aromatic heterocycles. The topological polar surface area (TPSA) is 85.2 Å². The molecule has 172 valence electrons. The van der Waals surface area contributed by atoms with Crippen molar-refractivity contribution in [1.29, 1.82) is 0 Å². The summed E-state index contributed by atoms with van der Waals surface area (Å²) in [6.07, 6.45) is 8.46. The van der Waals surface area contributed by atoms with Crippen molar-refractivity contribution in [3.05, 3.63) is 36.2 Å². The molecule has 7 nitrogen and oxygen atoms in total. The van der Waals surface area contributed by atoms with Gasteiger partial charge in [-0.3, -0.25) is 4.79 Å². The molecule has 1 saturated heterocycles. The van der Waals surface area contributed by atoms with E-state index in [-0.39, 0.29) is 35.2 Å². The van der Waals surface area contributed by atoms with Crippen LogP contribution in [0.3, 0.4) is 0 Å². The van der Waals surface area contributed by atoms with Crippen LogP contribution in [0.5, 0.6) is 0 Å². The maximum Gasteiger partial charge on any atom is 0.233 e. The molecule has 1 atom stereocenters. The third kappa shape index (κ3) is 4.88. The first-order valence-electron chi connectivity index (χ1n) is 11.7. The minimum atomic E-state index is -3.02. The number of para-hydroxylation sites is 1. The number of carbonyl (C=O) groups excluding carboxylic acids is 1. The van der Waals surface area contributed by atoms with E-state index in [1.807, 2.05) is 39.9 Å². The van der Waals surface area contributed by atoms with Crippen molar-refractivity contribution in [3.63, 3.8) is 0 Å². The van der Waals surface area contributed by atoms with E-state index in [4.69, 9.17) is 10.1 Å². The molecule has 2 aromatic rings. The molecule has 0 spiro atoms. The van der Waals surface area contributed by atoms with Gasteiger partial charge in [-0.1, -0.05) is 49.2 Å². The molecular weight excluding hydrogens is 444 g/mol. The summed E-state index contributed by atoms with van der Waals surface area (Å²) in [5, 5.41) is 5.39. The van der Waals surface area contributed by atoms with E-state index in [1.54, 1.807) is 0 Å². The second kappa shape index (κ2) is 9.17. The zero-order valence-electron chi connectivity index (χ0n) is 18.2. The molecule has 1 amide bonds. The van der Waals surface area contributed by atoms with Gasteiger partial charge in [0.25, 0.3) is 0 Å². The standard InChI is InChI=1S/C23H30N4O3S2/c28-21(26(18-11-12-18)20-13-14-32(29,30)16-20)15-31-23-24-22(17-7-3-1-4-8-17)27(25-23)19-9-5-2-6-10-19/h2,5-6,9-10,17-18,20H,1,3-4,7-8,11-16H2/t20-/m0/s1. The fourth-order valence-electron chi connectivity index (χ4n) is 5.00. The summed E-state index contributed by atoms with van der Waals surface area (Å²) in [4.78, 5) is 19.8. The summed E-state index contributed by atoms with van der Waals surface area (Å²) in [5.41, 5.74) is 0.995. The van der Waals surface area contributed by atoms with E-state index in [0.29, 0.717) is 17.5 Å². The van der Waals surface area contributed by atoms with Gasteiger partial charge in [-0.2, -0.15) is 0 Å². The van der Waals surface area contributed by atoms with Crippen LogP contribution >= 0.6 is 11.8 Å². The lowest BCUT2D eigenvalue weighted by Crippen LogP contribution is -2.43. The largest absolute Gasteiger partial charge is 0.335 e. The Hall–Kier alpha value is -1.87. The highest BCUT2D eigenvalue weighted by atomic mass is 32.2. The highest BCUT2D eigenvalue weighted by Crippen LogP contribution is 2.35. The molecule has 1 aromatic carbocycles. The molecule has 0 N–H and O–H groups in total. The zero-order chi connectivity index (χ0) is 22.1. The molecular formula is C23H30N4O3S2. The highest BCUT2D eigenvalue weighted by molar-refractivity contribution is 7.99. The van der Waals surface area contributed by atoms with Gasteiger partial charge in [0, 0.05) is 18.0 Å². The molecule has 3 aliphatic rings. The van der Waals surface area contributed by atoms with Gasteiger partial charge in [-0.25, -0.2) is 18.1 Å². The number of hydrogen-bond acceptors (Lipinski definition) is 6. The number of rotatable bonds is 7. The van der Waals surface area contributed by atoms with Gasteiger partial charge in [0.2, 0.25) is 11.1 Å². The first-order valence-corrected chi connectivity index (χ1v) is 14.5. The Kier molecular flexibility index (Phi) is 6.29. The van der Waals surface area contributed by atoms with Gasteiger partial charge in [-0.15, -0.1) is 5.10 Å². The average Bonchev–Trinajstić information content (AvgIpc) is 3.43. The van der Waals surface area contributed by atoms with Gasteiger partial charge in [0.15, 0.2) is 9.84 Å². The quantitative estimate of drug-likeness (QED) is 0.570. The van der Waals surface area contributed by atoms with Crippen LogP contribution in [0, 0.1) is 0 Å². The number of aromatic nitrogens is 3. The number of thioether (sulfide) groups is 1. The Morgan fingerprint density at radius 2 is 1.78 bits per heavy atom. The lowest BCUT2D eigenvalue weighted by atomic mass is 9.88. The monoisotopic (exact) mass is 474 g/mol. The van der Waals surface area contributed by atoms with E-state index in [0.717, 1.165) is 37.2 Å². The zero-order valence-corrected chi connectivity index (χ0v) is 19.9. The Bertz CT molecular complexity index is 1060. The van der Waals surface area contributed by atoms with Crippen LogP contribution in [0.2, 0.25) is 0 Å². The summed E-state index contributed by atoms with van der Waals surface area (Å²) in [6, 6.07) is 10.1. The molecule has 2 aliphatic carbocycles. The van der Waals surface area contributed by atoms with Crippen LogP contribution in [-0.4, -0.2) is 63.3 Å². The van der Waals surface area contributed by atoms with Gasteiger partial charge < -0.3 is 4.90 Å². The Balaban J connectivity index is 1.32. The van der Waals surface area contributed by atoms with Crippen molar-refractivity contribution in [1.82, 2.24) is 19.7 Å². The van der Waals surface area contributed by atoms with E-state index >= 15 is 0 Å². The van der Waals surface area contributed by atoms with Crippen molar-refractivity contribution in [2.45, 2.75) is 74.5 Å². The minimum Gasteiger partial charge on any atom is -0.335 e. The fraction of sp³-hybridized carbons (Fsp3) is 0.609. The third-order valence-corrected chi connectivity index (χ3v) is 9.31. The fourth-order valence-corrected chi connectivity index (χ4v) is 7.41. The number of benzene rings is 1. The smallest absolute Gasteiger partial charge is 0.233 e. The van der Waals surface area contributed by atoms with Crippen molar-refractivity contribution in [2.24, 2.45) is 0 Å². The molecule has 1 aliphatic heterocycles. The molecule has 9 heteroatoms. The molecule has 5 rings (SSSR count). The van der Waals surface area contributed by atoms with Crippen molar-refractivity contribution in [3.8, 4) is 5.69 Å². The Morgan fingerprint density at radius 3 is 2.44 bits per heavy atom. The van der Waals surface area contributed by atoms with Crippen LogP contribution in [0.4, 0.5) is 0 Å². The van der Waals surface area contributed by atoms with E-state index in [1.165, 1.54) is 31.0 Å². The van der Waals surface area contributed by atoms with Crippen molar-refractivity contribution < 1.29 is 13.2 Å². The molecule has 32 heavy (non-hydrogen) atoms. The van der Waals surface area contributed by atoms with Gasteiger partial charge >= 0.3 is 0 Å². The summed E-state index contributed by atoms with van der Waals surface area (Å²) in [7, 11) is -3.02. The highest BCUT2D eigenvalue weighted by Gasteiger charge is 2.42. The summed E-state index contributed by atoms with van der Waals surface area (Å²) in [6.45, 7) is 0. The first-order chi connectivity index (χ1) is 15.5. The molecule has 3 fully saturated rings. The average molecular weight is 475 g/mol.